The van der Waals surface area contributed by atoms with E-state index in [1.165, 1.54) is 83.5 Å². The molecule has 130 valence electrons. The van der Waals surface area contributed by atoms with E-state index in [2.05, 4.69) is 6.92 Å². The molecular weight excluding hydrogens is 307 g/mol. The van der Waals surface area contributed by atoms with Crippen LogP contribution in [0.4, 0.5) is 0 Å². The van der Waals surface area contributed by atoms with Gasteiger partial charge in [0.25, 0.3) is 0 Å². The molecule has 21 heavy (non-hydrogen) atoms. The first-order valence-corrected chi connectivity index (χ1v) is 8.99. The fourth-order valence-electron chi connectivity index (χ4n) is 2.65. The van der Waals surface area contributed by atoms with Gasteiger partial charge in [-0.15, -0.1) is 0 Å². The van der Waals surface area contributed by atoms with Gasteiger partial charge >= 0.3 is 5.97 Å². The average Bonchev–Trinajstić information content (AvgIpc) is 2.43. The van der Waals surface area contributed by atoms with Crippen LogP contribution >= 0.6 is 0 Å². The van der Waals surface area contributed by atoms with Crippen molar-refractivity contribution in [1.29, 1.82) is 0 Å². The van der Waals surface area contributed by atoms with Gasteiger partial charge in [0.15, 0.2) is 0 Å². The molecule has 0 heterocycles. The zero-order valence-electron chi connectivity index (χ0n) is 14.0. The maximum atomic E-state index is 10.3. The van der Waals surface area contributed by atoms with Crippen molar-refractivity contribution in [3.05, 3.63) is 0 Å². The van der Waals surface area contributed by atoms with Crippen LogP contribution in [0.3, 0.4) is 0 Å². The minimum Gasteiger partial charge on any atom is -0.481 e. The van der Waals surface area contributed by atoms with Crippen LogP contribution in [0.1, 0.15) is 110 Å². The first-order valence-electron chi connectivity index (χ1n) is 8.99. The van der Waals surface area contributed by atoms with Gasteiger partial charge in [-0.2, -0.15) is 0 Å². The van der Waals surface area contributed by atoms with Gasteiger partial charge in [-0.3, -0.25) is 4.79 Å². The summed E-state index contributed by atoms with van der Waals surface area (Å²) in [5, 5.41) is 8.52. The maximum absolute atomic E-state index is 10.3. The number of hydrogen-bond donors (Lipinski definition) is 1. The molecule has 0 amide bonds. The monoisotopic (exact) mass is 342 g/mol. The first-order chi connectivity index (χ1) is 9.77. The Morgan fingerprint density at radius 1 is 0.619 bits per heavy atom. The Balaban J connectivity index is 0. The molecule has 0 saturated heterocycles. The van der Waals surface area contributed by atoms with Gasteiger partial charge in [-0.1, -0.05) is 96.8 Å². The van der Waals surface area contributed by atoms with Crippen LogP contribution in [0, 0.1) is 0 Å². The Morgan fingerprint density at radius 3 is 1.19 bits per heavy atom. The van der Waals surface area contributed by atoms with Crippen LogP contribution < -0.4 is 0 Å². The van der Waals surface area contributed by atoms with E-state index in [0.29, 0.717) is 6.42 Å². The van der Waals surface area contributed by atoms with Gasteiger partial charge in [-0.05, 0) is 6.42 Å². The fourth-order valence-corrected chi connectivity index (χ4v) is 2.65. The molecule has 0 fully saturated rings. The van der Waals surface area contributed by atoms with Crippen molar-refractivity contribution in [2.45, 2.75) is 110 Å². The smallest absolute Gasteiger partial charge is 0.303 e. The predicted molar refractivity (Wildman–Crippen MR) is 87.2 cm³/mol. The number of carboxylic acids is 1. The normalized spacial score (nSPS) is 10.3. The Morgan fingerprint density at radius 2 is 0.905 bits per heavy atom. The van der Waals surface area contributed by atoms with Crippen LogP contribution in [-0.4, -0.2) is 11.1 Å². The Kier molecular flexibility index (Phi) is 22.1. The maximum Gasteiger partial charge on any atom is 0.303 e. The second-order valence-corrected chi connectivity index (χ2v) is 6.09. The second-order valence-electron chi connectivity index (χ2n) is 6.09. The van der Waals surface area contributed by atoms with E-state index < -0.39 is 5.97 Å². The molecule has 0 aliphatic heterocycles. The summed E-state index contributed by atoms with van der Waals surface area (Å²) in [6.07, 6.45) is 20.2. The van der Waals surface area contributed by atoms with Crippen molar-refractivity contribution in [3.63, 3.8) is 0 Å². The van der Waals surface area contributed by atoms with Gasteiger partial charge in [-0.25, -0.2) is 0 Å². The number of rotatable bonds is 16. The number of carbonyl (C=O) groups is 1. The van der Waals surface area contributed by atoms with Crippen LogP contribution in [0.15, 0.2) is 0 Å². The molecule has 0 aromatic rings. The predicted octanol–water partition coefficient (Wildman–Crippen LogP) is 6.33. The summed E-state index contributed by atoms with van der Waals surface area (Å²) in [6, 6.07) is 0. The second kappa shape index (κ2) is 20.0. The van der Waals surface area contributed by atoms with Crippen molar-refractivity contribution in [2.75, 3.05) is 0 Å². The quantitative estimate of drug-likeness (QED) is 0.263. The summed E-state index contributed by atoms with van der Waals surface area (Å²) >= 11 is 0. The van der Waals surface area contributed by atoms with Crippen LogP contribution in [-0.2, 0) is 21.3 Å². The molecule has 0 aromatic carbocycles. The largest absolute Gasteiger partial charge is 0.481 e. The molecule has 0 rings (SSSR count). The molecule has 3 heteroatoms. The van der Waals surface area contributed by atoms with Crippen molar-refractivity contribution in [2.24, 2.45) is 0 Å². The topological polar surface area (TPSA) is 37.3 Å². The molecule has 0 radical (unpaired) electrons. The Labute approximate surface area is 142 Å². The van der Waals surface area contributed by atoms with Crippen molar-refractivity contribution in [3.8, 4) is 0 Å². The molecule has 0 aliphatic rings. The number of aliphatic carboxylic acids is 1. The zero-order valence-corrected chi connectivity index (χ0v) is 15.0. The van der Waals surface area contributed by atoms with Crippen LogP contribution in [0.2, 0.25) is 0 Å². The number of hydrogen-bond acceptors (Lipinski definition) is 1. The minimum absolute atomic E-state index is 0. The van der Waals surface area contributed by atoms with Gasteiger partial charge in [0.1, 0.15) is 0 Å². The van der Waals surface area contributed by atoms with E-state index in [9.17, 15) is 4.79 Å². The molecule has 1 N–H and O–H groups in total. The summed E-state index contributed by atoms with van der Waals surface area (Å²) in [5.41, 5.74) is 0. The van der Waals surface area contributed by atoms with Crippen LogP contribution in [0.25, 0.3) is 0 Å². The first kappa shape index (κ1) is 23.2. The SMILES string of the molecule is CCCCCCCCCCCCCCCCCC(=O)O.[Ni]. The Bertz CT molecular complexity index is 207. The third-order valence-electron chi connectivity index (χ3n) is 3.99. The molecule has 0 aliphatic carbocycles. The molecule has 0 spiro atoms. The third-order valence-corrected chi connectivity index (χ3v) is 3.99. The standard InChI is InChI=1S/C18H36O2.Ni/c1-2-3-4-5-6-7-8-9-10-11-12-13-14-15-16-17-18(19)20;/h2-17H2,1H3,(H,19,20);. The molecular formula is C18H36NiO2. The summed E-state index contributed by atoms with van der Waals surface area (Å²) in [5.74, 6) is -0.653. The molecule has 0 unspecified atom stereocenters. The molecule has 0 atom stereocenters. The molecule has 2 nitrogen and oxygen atoms in total. The molecule has 0 aromatic heterocycles. The summed E-state index contributed by atoms with van der Waals surface area (Å²) in [6.45, 7) is 2.27. The number of carboxylic acid groups (broad SMARTS) is 1. The van der Waals surface area contributed by atoms with E-state index in [1.807, 2.05) is 0 Å². The number of unbranched alkanes of at least 4 members (excludes halogenated alkanes) is 14. The Hall–Kier alpha value is -0.0365. The van der Waals surface area contributed by atoms with E-state index >= 15 is 0 Å². The van der Waals surface area contributed by atoms with E-state index in [1.54, 1.807) is 0 Å². The van der Waals surface area contributed by atoms with Gasteiger partial charge in [0.2, 0.25) is 0 Å². The van der Waals surface area contributed by atoms with Crippen molar-refractivity contribution in [1.82, 2.24) is 0 Å². The van der Waals surface area contributed by atoms with Gasteiger partial charge < -0.3 is 5.11 Å². The van der Waals surface area contributed by atoms with E-state index in [-0.39, 0.29) is 16.5 Å². The average molecular weight is 343 g/mol. The van der Waals surface area contributed by atoms with Crippen molar-refractivity contribution < 1.29 is 26.4 Å². The third kappa shape index (κ3) is 22.4. The van der Waals surface area contributed by atoms with E-state index in [0.717, 1.165) is 12.8 Å². The van der Waals surface area contributed by atoms with Gasteiger partial charge in [0, 0.05) is 22.9 Å². The van der Waals surface area contributed by atoms with Gasteiger partial charge in [0.05, 0.1) is 0 Å². The summed E-state index contributed by atoms with van der Waals surface area (Å²) < 4.78 is 0. The van der Waals surface area contributed by atoms with Crippen molar-refractivity contribution >= 4 is 5.97 Å². The summed E-state index contributed by atoms with van der Waals surface area (Å²) in [7, 11) is 0. The van der Waals surface area contributed by atoms with Crippen LogP contribution in [0.5, 0.6) is 0 Å². The summed E-state index contributed by atoms with van der Waals surface area (Å²) in [4.78, 5) is 10.3. The fraction of sp³-hybridized carbons (Fsp3) is 0.944. The van der Waals surface area contributed by atoms with E-state index in [4.69, 9.17) is 5.11 Å². The minimum atomic E-state index is -0.653. The zero-order chi connectivity index (χ0) is 14.9. The molecule has 0 saturated carbocycles. The molecule has 0 bridgehead atoms.